The number of nitrogens with one attached hydrogen (secondary N) is 1. The van der Waals surface area contributed by atoms with E-state index in [1.807, 2.05) is 0 Å². The van der Waals surface area contributed by atoms with Gasteiger partial charge in [0.25, 0.3) is 0 Å². The van der Waals surface area contributed by atoms with E-state index in [0.29, 0.717) is 6.04 Å². The van der Waals surface area contributed by atoms with Crippen molar-refractivity contribution in [1.29, 1.82) is 0 Å². The fourth-order valence-electron chi connectivity index (χ4n) is 2.69. The molecule has 1 fully saturated rings. The van der Waals surface area contributed by atoms with Crippen molar-refractivity contribution in [3.8, 4) is 0 Å². The lowest BCUT2D eigenvalue weighted by Crippen LogP contribution is -2.23. The molecule has 1 aliphatic rings. The first kappa shape index (κ1) is 13.8. The van der Waals surface area contributed by atoms with Crippen LogP contribution in [0.3, 0.4) is 0 Å². The largest absolute Gasteiger partial charge is 0.314 e. The van der Waals surface area contributed by atoms with Crippen molar-refractivity contribution in [2.45, 2.75) is 65.8 Å². The van der Waals surface area contributed by atoms with E-state index in [0.717, 1.165) is 18.4 Å². The van der Waals surface area contributed by atoms with E-state index >= 15 is 0 Å². The molecule has 0 aliphatic heterocycles. The predicted octanol–water partition coefficient (Wildman–Crippen LogP) is 4.15. The van der Waals surface area contributed by atoms with Crippen LogP contribution in [0.15, 0.2) is 11.6 Å². The maximum atomic E-state index is 3.47. The summed E-state index contributed by atoms with van der Waals surface area (Å²) in [5.41, 5.74) is 1.64. The van der Waals surface area contributed by atoms with E-state index in [2.05, 4.69) is 39.1 Å². The van der Waals surface area contributed by atoms with Crippen LogP contribution in [0.5, 0.6) is 0 Å². The Balaban J connectivity index is 2.26. The summed E-state index contributed by atoms with van der Waals surface area (Å²) in [5.74, 6) is 1.82. The van der Waals surface area contributed by atoms with Gasteiger partial charge < -0.3 is 5.32 Å². The predicted molar refractivity (Wildman–Crippen MR) is 72.6 cm³/mol. The minimum atomic E-state index is 0.614. The average molecular weight is 223 g/mol. The molecule has 1 nitrogen and oxygen atoms in total. The molecular weight excluding hydrogens is 194 g/mol. The first-order chi connectivity index (χ1) is 7.59. The Morgan fingerprint density at radius 3 is 2.75 bits per heavy atom. The molecule has 0 bridgehead atoms. The lowest BCUT2D eigenvalue weighted by molar-refractivity contribution is 0.313. The molecule has 16 heavy (non-hydrogen) atoms. The third-order valence-corrected chi connectivity index (χ3v) is 3.74. The van der Waals surface area contributed by atoms with E-state index in [9.17, 15) is 0 Å². The molecule has 1 rings (SSSR count). The van der Waals surface area contributed by atoms with Gasteiger partial charge in [0.15, 0.2) is 0 Å². The molecule has 1 aliphatic carbocycles. The third-order valence-electron chi connectivity index (χ3n) is 3.74. The van der Waals surface area contributed by atoms with Gasteiger partial charge in [0.2, 0.25) is 0 Å². The summed E-state index contributed by atoms with van der Waals surface area (Å²) in [4.78, 5) is 0. The van der Waals surface area contributed by atoms with Crippen LogP contribution in [0.1, 0.15) is 59.8 Å². The molecule has 0 radical (unpaired) electrons. The van der Waals surface area contributed by atoms with Crippen molar-refractivity contribution in [2.75, 3.05) is 6.54 Å². The Morgan fingerprint density at radius 2 is 2.12 bits per heavy atom. The number of rotatable bonds is 5. The van der Waals surface area contributed by atoms with Crippen molar-refractivity contribution >= 4 is 0 Å². The van der Waals surface area contributed by atoms with Gasteiger partial charge in [-0.3, -0.25) is 0 Å². The highest BCUT2D eigenvalue weighted by Crippen LogP contribution is 2.33. The molecular formula is C15H29N. The molecule has 1 N–H and O–H groups in total. The molecule has 0 aromatic carbocycles. The van der Waals surface area contributed by atoms with E-state index < -0.39 is 0 Å². The van der Waals surface area contributed by atoms with Crippen LogP contribution in [0.4, 0.5) is 0 Å². The molecule has 0 heterocycles. The van der Waals surface area contributed by atoms with Gasteiger partial charge in [0.1, 0.15) is 0 Å². The van der Waals surface area contributed by atoms with Crippen LogP contribution in [-0.4, -0.2) is 12.6 Å². The van der Waals surface area contributed by atoms with Crippen molar-refractivity contribution in [3.63, 3.8) is 0 Å². The minimum absolute atomic E-state index is 0.614. The summed E-state index contributed by atoms with van der Waals surface area (Å²) in [6, 6.07) is 0.614. The molecule has 2 atom stereocenters. The summed E-state index contributed by atoms with van der Waals surface area (Å²) in [5, 5.41) is 3.47. The Morgan fingerprint density at radius 1 is 1.38 bits per heavy atom. The number of hydrogen-bond donors (Lipinski definition) is 1. The zero-order chi connectivity index (χ0) is 12.0. The number of allylic oxidation sites excluding steroid dienone is 1. The molecule has 0 saturated heterocycles. The summed E-state index contributed by atoms with van der Waals surface area (Å²) >= 11 is 0. The lowest BCUT2D eigenvalue weighted by Gasteiger charge is -2.27. The first-order valence-electron chi connectivity index (χ1n) is 6.99. The fraction of sp³-hybridized carbons (Fsp3) is 0.867. The van der Waals surface area contributed by atoms with Gasteiger partial charge in [-0.1, -0.05) is 45.3 Å². The lowest BCUT2D eigenvalue weighted by atomic mass is 9.79. The number of hydrogen-bond acceptors (Lipinski definition) is 1. The second-order valence-electron chi connectivity index (χ2n) is 5.81. The zero-order valence-corrected chi connectivity index (χ0v) is 11.6. The van der Waals surface area contributed by atoms with Gasteiger partial charge in [-0.15, -0.1) is 0 Å². The molecule has 2 unspecified atom stereocenters. The Labute approximate surface area is 102 Å². The SMILES string of the molecule is CC(=CCCNC(C)C)C1CCCC(C)C1. The molecule has 0 aromatic heterocycles. The van der Waals surface area contributed by atoms with Crippen LogP contribution >= 0.6 is 0 Å². The Bertz CT molecular complexity index is 217. The van der Waals surface area contributed by atoms with Crippen LogP contribution in [0.25, 0.3) is 0 Å². The molecule has 94 valence electrons. The molecule has 0 aromatic rings. The minimum Gasteiger partial charge on any atom is -0.314 e. The van der Waals surface area contributed by atoms with E-state index in [4.69, 9.17) is 0 Å². The zero-order valence-electron chi connectivity index (χ0n) is 11.6. The molecule has 1 saturated carbocycles. The first-order valence-corrected chi connectivity index (χ1v) is 6.99. The molecule has 0 amide bonds. The highest BCUT2D eigenvalue weighted by Gasteiger charge is 2.19. The summed E-state index contributed by atoms with van der Waals surface area (Å²) < 4.78 is 0. The van der Waals surface area contributed by atoms with Crippen LogP contribution in [0.2, 0.25) is 0 Å². The van der Waals surface area contributed by atoms with E-state index in [1.54, 1.807) is 5.57 Å². The second kappa shape index (κ2) is 7.11. The average Bonchev–Trinajstić information content (AvgIpc) is 2.24. The topological polar surface area (TPSA) is 12.0 Å². The van der Waals surface area contributed by atoms with E-state index in [1.165, 1.54) is 32.1 Å². The second-order valence-corrected chi connectivity index (χ2v) is 5.81. The maximum Gasteiger partial charge on any atom is 0.00105 e. The van der Waals surface area contributed by atoms with Crippen molar-refractivity contribution in [1.82, 2.24) is 5.32 Å². The van der Waals surface area contributed by atoms with Crippen molar-refractivity contribution in [3.05, 3.63) is 11.6 Å². The summed E-state index contributed by atoms with van der Waals surface area (Å²) in [6.07, 6.45) is 9.36. The van der Waals surface area contributed by atoms with Gasteiger partial charge in [-0.05, 0) is 44.6 Å². The quantitative estimate of drug-likeness (QED) is 0.545. The maximum absolute atomic E-state index is 3.47. The van der Waals surface area contributed by atoms with Crippen LogP contribution < -0.4 is 5.32 Å². The Hall–Kier alpha value is -0.300. The van der Waals surface area contributed by atoms with Gasteiger partial charge in [0, 0.05) is 6.04 Å². The van der Waals surface area contributed by atoms with Gasteiger partial charge in [-0.2, -0.15) is 0 Å². The van der Waals surface area contributed by atoms with Gasteiger partial charge in [0.05, 0.1) is 0 Å². The monoisotopic (exact) mass is 223 g/mol. The molecule has 1 heteroatoms. The smallest absolute Gasteiger partial charge is 0.00105 e. The highest BCUT2D eigenvalue weighted by atomic mass is 14.9. The van der Waals surface area contributed by atoms with Crippen LogP contribution in [0, 0.1) is 11.8 Å². The van der Waals surface area contributed by atoms with Crippen LogP contribution in [-0.2, 0) is 0 Å². The fourth-order valence-corrected chi connectivity index (χ4v) is 2.69. The van der Waals surface area contributed by atoms with E-state index in [-0.39, 0.29) is 0 Å². The highest BCUT2D eigenvalue weighted by molar-refractivity contribution is 5.05. The third kappa shape index (κ3) is 5.16. The van der Waals surface area contributed by atoms with Gasteiger partial charge in [-0.25, -0.2) is 0 Å². The summed E-state index contributed by atoms with van der Waals surface area (Å²) in [7, 11) is 0. The van der Waals surface area contributed by atoms with Crippen molar-refractivity contribution in [2.24, 2.45) is 11.8 Å². The standard InChI is InChI=1S/C15H29N/c1-12(2)16-10-6-8-14(4)15-9-5-7-13(3)11-15/h8,12-13,15-16H,5-7,9-11H2,1-4H3. The molecule has 0 spiro atoms. The normalized spacial score (nSPS) is 27.4. The van der Waals surface area contributed by atoms with Crippen molar-refractivity contribution < 1.29 is 0 Å². The summed E-state index contributed by atoms with van der Waals surface area (Å²) in [6.45, 7) is 10.3. The van der Waals surface area contributed by atoms with Gasteiger partial charge >= 0.3 is 0 Å². The Kier molecular flexibility index (Phi) is 6.12.